The van der Waals surface area contributed by atoms with Gasteiger partial charge in [-0.05, 0) is 35.4 Å². The van der Waals surface area contributed by atoms with E-state index in [1.54, 1.807) is 6.26 Å². The van der Waals surface area contributed by atoms with Crippen molar-refractivity contribution >= 4 is 5.91 Å². The van der Waals surface area contributed by atoms with E-state index >= 15 is 0 Å². The summed E-state index contributed by atoms with van der Waals surface area (Å²) < 4.78 is 5.43. The lowest BCUT2D eigenvalue weighted by Crippen LogP contribution is -3.13. The van der Waals surface area contributed by atoms with Crippen molar-refractivity contribution in [2.24, 2.45) is 0 Å². The fourth-order valence-corrected chi connectivity index (χ4v) is 3.48. The Balaban J connectivity index is 1.36. The standard InChI is InChI=1S/C22H22N2O2/c25-22(20-10-8-19(9-11-20)18-5-2-1-3-6-18)24-14-12-23(13-15-24)17-21-7-4-16-26-21/h1-11,16H,12-15,17H2/p+1. The molecule has 4 rings (SSSR count). The van der Waals surface area contributed by atoms with Crippen LogP contribution >= 0.6 is 0 Å². The summed E-state index contributed by atoms with van der Waals surface area (Å²) in [6, 6.07) is 22.1. The van der Waals surface area contributed by atoms with Crippen LogP contribution in [0.1, 0.15) is 16.1 Å². The molecular weight excluding hydrogens is 324 g/mol. The molecule has 1 aliphatic heterocycles. The van der Waals surface area contributed by atoms with Crippen LogP contribution in [-0.2, 0) is 6.54 Å². The molecule has 0 aliphatic carbocycles. The van der Waals surface area contributed by atoms with Crippen molar-refractivity contribution in [3.63, 3.8) is 0 Å². The van der Waals surface area contributed by atoms with Crippen molar-refractivity contribution in [2.45, 2.75) is 6.54 Å². The smallest absolute Gasteiger partial charge is 0.254 e. The minimum absolute atomic E-state index is 0.127. The second-order valence-corrected chi connectivity index (χ2v) is 6.74. The number of nitrogens with zero attached hydrogens (tertiary/aromatic N) is 1. The molecule has 26 heavy (non-hydrogen) atoms. The van der Waals surface area contributed by atoms with Crippen LogP contribution in [0, 0.1) is 0 Å². The maximum Gasteiger partial charge on any atom is 0.254 e. The van der Waals surface area contributed by atoms with Crippen LogP contribution in [0.15, 0.2) is 77.4 Å². The average Bonchev–Trinajstić information content (AvgIpc) is 3.22. The first-order valence-electron chi connectivity index (χ1n) is 9.10. The monoisotopic (exact) mass is 347 g/mol. The maximum atomic E-state index is 12.8. The van der Waals surface area contributed by atoms with Gasteiger partial charge in [-0.15, -0.1) is 0 Å². The predicted octanol–water partition coefficient (Wildman–Crippen LogP) is 2.49. The topological polar surface area (TPSA) is 37.9 Å². The molecule has 4 nitrogen and oxygen atoms in total. The summed E-state index contributed by atoms with van der Waals surface area (Å²) in [7, 11) is 0. The molecule has 1 aromatic heterocycles. The van der Waals surface area contributed by atoms with Crippen LogP contribution in [0.4, 0.5) is 0 Å². The van der Waals surface area contributed by atoms with Crippen LogP contribution in [0.2, 0.25) is 0 Å². The number of benzene rings is 2. The molecule has 0 radical (unpaired) electrons. The molecule has 0 saturated carbocycles. The molecule has 1 aliphatic rings. The van der Waals surface area contributed by atoms with Gasteiger partial charge in [-0.2, -0.15) is 0 Å². The minimum atomic E-state index is 0.127. The number of nitrogens with one attached hydrogen (secondary N) is 1. The largest absolute Gasteiger partial charge is 0.463 e. The predicted molar refractivity (Wildman–Crippen MR) is 101 cm³/mol. The van der Waals surface area contributed by atoms with Gasteiger partial charge in [-0.3, -0.25) is 4.79 Å². The molecule has 4 heteroatoms. The molecule has 132 valence electrons. The van der Waals surface area contributed by atoms with Crippen molar-refractivity contribution in [2.75, 3.05) is 26.2 Å². The number of hydrogen-bond donors (Lipinski definition) is 1. The van der Waals surface area contributed by atoms with E-state index < -0.39 is 0 Å². The second kappa shape index (κ2) is 7.58. The van der Waals surface area contributed by atoms with Gasteiger partial charge in [0, 0.05) is 5.56 Å². The fraction of sp³-hybridized carbons (Fsp3) is 0.227. The van der Waals surface area contributed by atoms with Gasteiger partial charge in [-0.1, -0.05) is 42.5 Å². The van der Waals surface area contributed by atoms with E-state index in [1.165, 1.54) is 10.5 Å². The number of hydrogen-bond acceptors (Lipinski definition) is 2. The Kier molecular flexibility index (Phi) is 4.84. The average molecular weight is 347 g/mol. The Labute approximate surface area is 153 Å². The van der Waals surface area contributed by atoms with Crippen LogP contribution in [0.3, 0.4) is 0 Å². The van der Waals surface area contributed by atoms with Crippen LogP contribution < -0.4 is 4.90 Å². The molecule has 2 aromatic carbocycles. The van der Waals surface area contributed by atoms with Crippen molar-refractivity contribution in [3.8, 4) is 11.1 Å². The summed E-state index contributed by atoms with van der Waals surface area (Å²) in [5.74, 6) is 1.14. The third kappa shape index (κ3) is 3.70. The first kappa shape index (κ1) is 16.6. The number of carbonyl (C=O) groups is 1. The Morgan fingerprint density at radius 3 is 2.23 bits per heavy atom. The van der Waals surface area contributed by atoms with Crippen molar-refractivity contribution in [1.29, 1.82) is 0 Å². The summed E-state index contributed by atoms with van der Waals surface area (Å²) >= 11 is 0. The zero-order valence-electron chi connectivity index (χ0n) is 14.7. The van der Waals surface area contributed by atoms with E-state index in [0.29, 0.717) is 0 Å². The lowest BCUT2D eigenvalue weighted by atomic mass is 10.0. The highest BCUT2D eigenvalue weighted by molar-refractivity contribution is 5.94. The lowest BCUT2D eigenvalue weighted by molar-refractivity contribution is -0.918. The fourth-order valence-electron chi connectivity index (χ4n) is 3.48. The third-order valence-electron chi connectivity index (χ3n) is 5.00. The van der Waals surface area contributed by atoms with Crippen LogP contribution in [0.5, 0.6) is 0 Å². The van der Waals surface area contributed by atoms with Gasteiger partial charge in [0.15, 0.2) is 5.76 Å². The molecule has 0 bridgehead atoms. The van der Waals surface area contributed by atoms with E-state index in [-0.39, 0.29) is 5.91 Å². The Morgan fingerprint density at radius 1 is 0.885 bits per heavy atom. The minimum Gasteiger partial charge on any atom is -0.463 e. The molecule has 3 aromatic rings. The highest BCUT2D eigenvalue weighted by atomic mass is 16.3. The molecule has 0 spiro atoms. The summed E-state index contributed by atoms with van der Waals surface area (Å²) in [6.07, 6.45) is 1.72. The van der Waals surface area contributed by atoms with Crippen molar-refractivity contribution < 1.29 is 14.1 Å². The zero-order chi connectivity index (χ0) is 17.8. The van der Waals surface area contributed by atoms with Gasteiger partial charge in [-0.25, -0.2) is 0 Å². The molecule has 1 amide bonds. The van der Waals surface area contributed by atoms with E-state index in [9.17, 15) is 4.79 Å². The van der Waals surface area contributed by atoms with Crippen molar-refractivity contribution in [1.82, 2.24) is 4.90 Å². The molecule has 1 saturated heterocycles. The van der Waals surface area contributed by atoms with E-state index in [4.69, 9.17) is 4.42 Å². The van der Waals surface area contributed by atoms with Gasteiger partial charge in [0.1, 0.15) is 6.54 Å². The first-order chi connectivity index (χ1) is 12.8. The molecule has 0 unspecified atom stereocenters. The normalized spacial score (nSPS) is 15.2. The maximum absolute atomic E-state index is 12.8. The third-order valence-corrected chi connectivity index (χ3v) is 5.00. The highest BCUT2D eigenvalue weighted by Gasteiger charge is 2.25. The zero-order valence-corrected chi connectivity index (χ0v) is 14.7. The molecule has 0 atom stereocenters. The van der Waals surface area contributed by atoms with E-state index in [2.05, 4.69) is 12.1 Å². The number of carbonyl (C=O) groups excluding carboxylic acids is 1. The second-order valence-electron chi connectivity index (χ2n) is 6.74. The number of amides is 1. The van der Waals surface area contributed by atoms with Gasteiger partial charge in [0.05, 0.1) is 32.4 Å². The van der Waals surface area contributed by atoms with Gasteiger partial charge in [0.25, 0.3) is 5.91 Å². The van der Waals surface area contributed by atoms with Gasteiger partial charge in [0.2, 0.25) is 0 Å². The summed E-state index contributed by atoms with van der Waals surface area (Å²) in [5, 5.41) is 0. The highest BCUT2D eigenvalue weighted by Crippen LogP contribution is 2.19. The molecule has 1 fully saturated rings. The number of rotatable bonds is 4. The molecule has 1 N–H and O–H groups in total. The SMILES string of the molecule is O=C(c1ccc(-c2ccccc2)cc1)N1CC[NH+](Cc2ccco2)CC1. The summed E-state index contributed by atoms with van der Waals surface area (Å²) in [5.41, 5.74) is 3.07. The van der Waals surface area contributed by atoms with E-state index in [0.717, 1.165) is 49.6 Å². The van der Waals surface area contributed by atoms with E-state index in [1.807, 2.05) is 59.5 Å². The van der Waals surface area contributed by atoms with Gasteiger partial charge < -0.3 is 14.2 Å². The number of furan rings is 1. The molecular formula is C22H23N2O2+. The summed E-state index contributed by atoms with van der Waals surface area (Å²) in [4.78, 5) is 16.2. The van der Waals surface area contributed by atoms with Crippen LogP contribution in [0.25, 0.3) is 11.1 Å². The summed E-state index contributed by atoms with van der Waals surface area (Å²) in [6.45, 7) is 4.37. The lowest BCUT2D eigenvalue weighted by Gasteiger charge is -2.31. The quantitative estimate of drug-likeness (QED) is 0.787. The Bertz CT molecular complexity index is 834. The van der Waals surface area contributed by atoms with Crippen molar-refractivity contribution in [3.05, 3.63) is 84.3 Å². The number of piperazine rings is 1. The first-order valence-corrected chi connectivity index (χ1v) is 9.10. The van der Waals surface area contributed by atoms with Gasteiger partial charge >= 0.3 is 0 Å². The Hall–Kier alpha value is -2.85. The number of quaternary nitrogens is 1. The van der Waals surface area contributed by atoms with Crippen LogP contribution in [-0.4, -0.2) is 37.0 Å². The molecule has 2 heterocycles. The Morgan fingerprint density at radius 2 is 1.58 bits per heavy atom.